The summed E-state index contributed by atoms with van der Waals surface area (Å²) in [6.45, 7) is 12.0. The van der Waals surface area contributed by atoms with Gasteiger partial charge in [0.25, 0.3) is 0 Å². The van der Waals surface area contributed by atoms with Gasteiger partial charge in [0.1, 0.15) is 0 Å². The van der Waals surface area contributed by atoms with Gasteiger partial charge in [-0.2, -0.15) is 0 Å². The van der Waals surface area contributed by atoms with E-state index >= 15 is 0 Å². The number of aromatic nitrogens is 1. The van der Waals surface area contributed by atoms with Crippen LogP contribution in [0.25, 0.3) is 0 Å². The smallest absolute Gasteiger partial charge is 0.168 e. The Morgan fingerprint density at radius 2 is 2.20 bits per heavy atom. The molecule has 0 amide bonds. The van der Waals surface area contributed by atoms with Crippen LogP contribution >= 0.6 is 0 Å². The molecule has 1 saturated heterocycles. The number of nitrogens with zero attached hydrogens (tertiary/aromatic N) is 2. The molecule has 0 spiro atoms. The monoisotopic (exact) mass is 277 g/mol. The number of pyridine rings is 1. The van der Waals surface area contributed by atoms with Crippen LogP contribution in [0.1, 0.15) is 34.1 Å². The predicted molar refractivity (Wildman–Crippen MR) is 83.3 cm³/mol. The molecule has 4 nitrogen and oxygen atoms in total. The highest BCUT2D eigenvalue weighted by Gasteiger charge is 2.24. The summed E-state index contributed by atoms with van der Waals surface area (Å²) < 4.78 is 5.78. The lowest BCUT2D eigenvalue weighted by Gasteiger charge is -2.20. The minimum atomic E-state index is 0.169. The highest BCUT2D eigenvalue weighted by atomic mass is 16.5. The van der Waals surface area contributed by atoms with E-state index in [4.69, 9.17) is 4.74 Å². The van der Waals surface area contributed by atoms with E-state index in [-0.39, 0.29) is 6.10 Å². The molecule has 1 unspecified atom stereocenters. The maximum absolute atomic E-state index is 5.78. The van der Waals surface area contributed by atoms with Gasteiger partial charge in [-0.1, -0.05) is 0 Å². The van der Waals surface area contributed by atoms with Crippen LogP contribution in [0.3, 0.4) is 0 Å². The van der Waals surface area contributed by atoms with Crippen molar-refractivity contribution in [3.63, 3.8) is 0 Å². The molecule has 20 heavy (non-hydrogen) atoms. The number of likely N-dealkylation sites (tertiary alicyclic amines) is 1. The molecule has 4 heteroatoms. The second kappa shape index (κ2) is 6.93. The fourth-order valence-electron chi connectivity index (χ4n) is 2.61. The van der Waals surface area contributed by atoms with Crippen LogP contribution in [-0.4, -0.2) is 41.7 Å². The van der Waals surface area contributed by atoms with Gasteiger partial charge in [0.2, 0.25) is 0 Å². The molecule has 1 aromatic rings. The van der Waals surface area contributed by atoms with Gasteiger partial charge in [-0.25, -0.2) is 4.98 Å². The van der Waals surface area contributed by atoms with Gasteiger partial charge in [-0.05, 0) is 58.7 Å². The van der Waals surface area contributed by atoms with Gasteiger partial charge in [-0.15, -0.1) is 0 Å². The van der Waals surface area contributed by atoms with Gasteiger partial charge >= 0.3 is 0 Å². The third-order valence-electron chi connectivity index (χ3n) is 3.74. The molecule has 0 bridgehead atoms. The minimum absolute atomic E-state index is 0.169. The molecule has 0 aromatic carbocycles. The van der Waals surface area contributed by atoms with E-state index in [1.165, 1.54) is 19.5 Å². The maximum atomic E-state index is 5.78. The quantitative estimate of drug-likeness (QED) is 0.867. The number of hydrogen-bond donors (Lipinski definition) is 1. The molecule has 0 aliphatic carbocycles. The second-order valence-corrected chi connectivity index (χ2v) is 6.14. The zero-order chi connectivity index (χ0) is 14.5. The van der Waals surface area contributed by atoms with E-state index in [1.54, 1.807) is 0 Å². The van der Waals surface area contributed by atoms with Gasteiger partial charge in [-0.3, -0.25) is 0 Å². The van der Waals surface area contributed by atoms with Crippen LogP contribution < -0.4 is 10.1 Å². The van der Waals surface area contributed by atoms with Gasteiger partial charge in [0.15, 0.2) is 11.6 Å². The zero-order valence-corrected chi connectivity index (χ0v) is 13.1. The molecular formula is C16H27N3O. The topological polar surface area (TPSA) is 37.4 Å². The Bertz CT molecular complexity index is 420. The molecule has 1 fully saturated rings. The standard InChI is InChI=1S/C16H27N3O/c1-12(2)19-9-7-14(11-19)10-18-16-15(20-13(3)4)6-5-8-17-16/h5-6,8,12-14H,7,9-11H2,1-4H3,(H,17,18). The van der Waals surface area contributed by atoms with Crippen LogP contribution in [0, 0.1) is 5.92 Å². The summed E-state index contributed by atoms with van der Waals surface area (Å²) in [6.07, 6.45) is 3.24. The molecule has 1 atom stereocenters. The van der Waals surface area contributed by atoms with Crippen molar-refractivity contribution in [2.45, 2.75) is 46.3 Å². The lowest BCUT2D eigenvalue weighted by molar-refractivity contribution is 0.242. The van der Waals surface area contributed by atoms with Crippen LogP contribution in [0.2, 0.25) is 0 Å². The number of anilines is 1. The average Bonchev–Trinajstić information content (AvgIpc) is 2.86. The first kappa shape index (κ1) is 15.1. The normalized spacial score (nSPS) is 19.8. The van der Waals surface area contributed by atoms with E-state index in [1.807, 2.05) is 32.2 Å². The number of hydrogen-bond acceptors (Lipinski definition) is 4. The van der Waals surface area contributed by atoms with Crippen molar-refractivity contribution in [3.8, 4) is 5.75 Å². The van der Waals surface area contributed by atoms with Crippen LogP contribution in [0.15, 0.2) is 18.3 Å². The van der Waals surface area contributed by atoms with Crippen molar-refractivity contribution < 1.29 is 4.74 Å². The van der Waals surface area contributed by atoms with Crippen molar-refractivity contribution in [1.82, 2.24) is 9.88 Å². The molecule has 0 radical (unpaired) electrons. The molecule has 2 heterocycles. The molecular weight excluding hydrogens is 250 g/mol. The summed E-state index contributed by atoms with van der Waals surface area (Å²) in [4.78, 5) is 6.94. The Morgan fingerprint density at radius 3 is 2.85 bits per heavy atom. The fraction of sp³-hybridized carbons (Fsp3) is 0.688. The number of ether oxygens (including phenoxy) is 1. The molecule has 2 rings (SSSR count). The summed E-state index contributed by atoms with van der Waals surface area (Å²) in [5, 5.41) is 3.46. The molecule has 0 saturated carbocycles. The Balaban J connectivity index is 1.88. The van der Waals surface area contributed by atoms with Crippen molar-refractivity contribution in [3.05, 3.63) is 18.3 Å². The summed E-state index contributed by atoms with van der Waals surface area (Å²) in [6, 6.07) is 4.54. The fourth-order valence-corrected chi connectivity index (χ4v) is 2.61. The van der Waals surface area contributed by atoms with Gasteiger partial charge in [0.05, 0.1) is 6.10 Å². The van der Waals surface area contributed by atoms with Crippen molar-refractivity contribution >= 4 is 5.82 Å². The predicted octanol–water partition coefficient (Wildman–Crippen LogP) is 3.01. The highest BCUT2D eigenvalue weighted by Crippen LogP contribution is 2.24. The second-order valence-electron chi connectivity index (χ2n) is 6.14. The average molecular weight is 277 g/mol. The minimum Gasteiger partial charge on any atom is -0.487 e. The first-order valence-electron chi connectivity index (χ1n) is 7.66. The molecule has 1 aromatic heterocycles. The van der Waals surface area contributed by atoms with E-state index in [9.17, 15) is 0 Å². The lowest BCUT2D eigenvalue weighted by Crippen LogP contribution is -2.29. The highest BCUT2D eigenvalue weighted by molar-refractivity contribution is 5.49. The number of nitrogens with one attached hydrogen (secondary N) is 1. The van der Waals surface area contributed by atoms with E-state index in [0.29, 0.717) is 12.0 Å². The van der Waals surface area contributed by atoms with E-state index in [0.717, 1.165) is 18.1 Å². The summed E-state index contributed by atoms with van der Waals surface area (Å²) in [7, 11) is 0. The lowest BCUT2D eigenvalue weighted by atomic mass is 10.1. The Kier molecular flexibility index (Phi) is 5.24. The molecule has 1 aliphatic heterocycles. The largest absolute Gasteiger partial charge is 0.487 e. The summed E-state index contributed by atoms with van der Waals surface area (Å²) >= 11 is 0. The maximum Gasteiger partial charge on any atom is 0.168 e. The van der Waals surface area contributed by atoms with E-state index < -0.39 is 0 Å². The van der Waals surface area contributed by atoms with Gasteiger partial charge in [0, 0.05) is 25.3 Å². The molecule has 112 valence electrons. The zero-order valence-electron chi connectivity index (χ0n) is 13.1. The Hall–Kier alpha value is -1.29. The van der Waals surface area contributed by atoms with Crippen LogP contribution in [0.4, 0.5) is 5.82 Å². The van der Waals surface area contributed by atoms with Crippen LogP contribution in [0.5, 0.6) is 5.75 Å². The third kappa shape index (κ3) is 4.10. The van der Waals surface area contributed by atoms with Crippen LogP contribution in [-0.2, 0) is 0 Å². The van der Waals surface area contributed by atoms with Crippen molar-refractivity contribution in [1.29, 1.82) is 0 Å². The Labute approximate surface area is 122 Å². The molecule has 1 aliphatic rings. The summed E-state index contributed by atoms with van der Waals surface area (Å²) in [5.41, 5.74) is 0. The SMILES string of the molecule is CC(C)Oc1cccnc1NCC1CCN(C(C)C)C1. The molecule has 1 N–H and O–H groups in total. The first-order chi connectivity index (χ1) is 9.56. The first-order valence-corrected chi connectivity index (χ1v) is 7.66. The Morgan fingerprint density at radius 1 is 1.40 bits per heavy atom. The third-order valence-corrected chi connectivity index (χ3v) is 3.74. The number of rotatable bonds is 6. The van der Waals surface area contributed by atoms with E-state index in [2.05, 4.69) is 29.0 Å². The van der Waals surface area contributed by atoms with Gasteiger partial charge < -0.3 is 15.0 Å². The van der Waals surface area contributed by atoms with Crippen molar-refractivity contribution in [2.24, 2.45) is 5.92 Å². The summed E-state index contributed by atoms with van der Waals surface area (Å²) in [5.74, 6) is 2.41. The van der Waals surface area contributed by atoms with Crippen molar-refractivity contribution in [2.75, 3.05) is 25.0 Å².